The molecule has 0 unspecified atom stereocenters. The minimum atomic E-state index is -3.70. The van der Waals surface area contributed by atoms with Crippen molar-refractivity contribution in [2.24, 2.45) is 0 Å². The molecule has 1 heterocycles. The highest BCUT2D eigenvalue weighted by atomic mass is 32.2. The summed E-state index contributed by atoms with van der Waals surface area (Å²) in [6.07, 6.45) is 0. The van der Waals surface area contributed by atoms with Gasteiger partial charge in [0.2, 0.25) is 0 Å². The van der Waals surface area contributed by atoms with E-state index in [0.29, 0.717) is 11.3 Å². The zero-order valence-electron chi connectivity index (χ0n) is 14.9. The lowest BCUT2D eigenvalue weighted by molar-refractivity contribution is 0.0772. The average Bonchev–Trinajstić information content (AvgIpc) is 2.65. The third kappa shape index (κ3) is 4.04. The van der Waals surface area contributed by atoms with Gasteiger partial charge in [-0.3, -0.25) is 9.52 Å². The molecule has 1 saturated heterocycles. The molecule has 0 aliphatic carbocycles. The van der Waals surface area contributed by atoms with Crippen LogP contribution in [0.4, 0.5) is 5.69 Å². The molecule has 0 bridgehead atoms. The Morgan fingerprint density at radius 1 is 1.04 bits per heavy atom. The van der Waals surface area contributed by atoms with Crippen molar-refractivity contribution >= 4 is 33.4 Å². The van der Waals surface area contributed by atoms with Crippen LogP contribution in [0.25, 0.3) is 0 Å². The van der Waals surface area contributed by atoms with Gasteiger partial charge >= 0.3 is 0 Å². The number of amides is 1. The van der Waals surface area contributed by atoms with Gasteiger partial charge in [-0.05, 0) is 55.3 Å². The SMILES string of the molecule is Cc1cccc(NS(=O)(=O)c2ccc(C(=O)N3CCSCC3)cc2)c1C. The second-order valence-corrected chi connectivity index (χ2v) is 9.19. The second-order valence-electron chi connectivity index (χ2n) is 6.28. The van der Waals surface area contributed by atoms with Gasteiger partial charge in [0, 0.05) is 30.2 Å². The number of thioether (sulfide) groups is 1. The molecule has 26 heavy (non-hydrogen) atoms. The Labute approximate surface area is 158 Å². The van der Waals surface area contributed by atoms with Crippen LogP contribution in [-0.4, -0.2) is 43.8 Å². The number of aryl methyl sites for hydroxylation is 1. The molecule has 1 amide bonds. The molecule has 5 nitrogen and oxygen atoms in total. The maximum Gasteiger partial charge on any atom is 0.261 e. The standard InChI is InChI=1S/C19H22N2O3S2/c1-14-4-3-5-18(15(14)2)20-26(23,24)17-8-6-16(7-9-17)19(22)21-10-12-25-13-11-21/h3-9,20H,10-13H2,1-2H3. The van der Waals surface area contributed by atoms with Crippen LogP contribution in [0.1, 0.15) is 21.5 Å². The Morgan fingerprint density at radius 2 is 1.69 bits per heavy atom. The van der Waals surface area contributed by atoms with Crippen LogP contribution in [0, 0.1) is 13.8 Å². The summed E-state index contributed by atoms with van der Waals surface area (Å²) in [7, 11) is -3.70. The summed E-state index contributed by atoms with van der Waals surface area (Å²) < 4.78 is 27.9. The number of rotatable bonds is 4. The van der Waals surface area contributed by atoms with Gasteiger partial charge in [0.15, 0.2) is 0 Å². The van der Waals surface area contributed by atoms with Crippen LogP contribution in [0.2, 0.25) is 0 Å². The maximum absolute atomic E-state index is 12.6. The Hall–Kier alpha value is -1.99. The lowest BCUT2D eigenvalue weighted by atomic mass is 10.1. The van der Waals surface area contributed by atoms with E-state index in [1.165, 1.54) is 12.1 Å². The molecule has 1 aliphatic heterocycles. The first-order valence-electron chi connectivity index (χ1n) is 8.44. The van der Waals surface area contributed by atoms with E-state index >= 15 is 0 Å². The summed E-state index contributed by atoms with van der Waals surface area (Å²) in [5.74, 6) is 1.84. The van der Waals surface area contributed by atoms with Crippen molar-refractivity contribution in [2.75, 3.05) is 29.3 Å². The van der Waals surface area contributed by atoms with E-state index in [-0.39, 0.29) is 10.8 Å². The fraction of sp³-hybridized carbons (Fsp3) is 0.316. The summed E-state index contributed by atoms with van der Waals surface area (Å²) >= 11 is 1.84. The molecule has 1 aliphatic rings. The summed E-state index contributed by atoms with van der Waals surface area (Å²) in [4.78, 5) is 14.4. The van der Waals surface area contributed by atoms with Crippen molar-refractivity contribution in [1.29, 1.82) is 0 Å². The number of carbonyl (C=O) groups excluding carboxylic acids is 1. The van der Waals surface area contributed by atoms with Crippen LogP contribution in [0.15, 0.2) is 47.4 Å². The highest BCUT2D eigenvalue weighted by molar-refractivity contribution is 7.99. The Bertz CT molecular complexity index is 903. The van der Waals surface area contributed by atoms with Crippen molar-refractivity contribution in [3.05, 3.63) is 59.2 Å². The highest BCUT2D eigenvalue weighted by Gasteiger charge is 2.20. The molecule has 0 aromatic heterocycles. The van der Waals surface area contributed by atoms with Crippen molar-refractivity contribution in [1.82, 2.24) is 4.90 Å². The number of benzene rings is 2. The molecule has 1 N–H and O–H groups in total. The van der Waals surface area contributed by atoms with Crippen molar-refractivity contribution in [3.8, 4) is 0 Å². The fourth-order valence-electron chi connectivity index (χ4n) is 2.79. The molecular weight excluding hydrogens is 368 g/mol. The third-order valence-corrected chi connectivity index (χ3v) is 6.88. The fourth-order valence-corrected chi connectivity index (χ4v) is 4.82. The van der Waals surface area contributed by atoms with Gasteiger partial charge < -0.3 is 4.90 Å². The zero-order valence-corrected chi connectivity index (χ0v) is 16.5. The molecule has 2 aromatic rings. The molecule has 0 spiro atoms. The largest absolute Gasteiger partial charge is 0.337 e. The molecule has 0 atom stereocenters. The summed E-state index contributed by atoms with van der Waals surface area (Å²) in [6.45, 7) is 5.29. The van der Waals surface area contributed by atoms with Crippen LogP contribution in [-0.2, 0) is 10.0 Å². The normalized spacial score (nSPS) is 14.9. The highest BCUT2D eigenvalue weighted by Crippen LogP contribution is 2.22. The first-order valence-corrected chi connectivity index (χ1v) is 11.1. The Morgan fingerprint density at radius 3 is 2.35 bits per heavy atom. The monoisotopic (exact) mass is 390 g/mol. The number of nitrogens with zero attached hydrogens (tertiary/aromatic N) is 1. The Kier molecular flexibility index (Phi) is 5.58. The first-order chi connectivity index (χ1) is 12.4. The van der Waals surface area contributed by atoms with E-state index in [1.54, 1.807) is 18.2 Å². The van der Waals surface area contributed by atoms with Crippen LogP contribution < -0.4 is 4.72 Å². The first kappa shape index (κ1) is 18.8. The van der Waals surface area contributed by atoms with Gasteiger partial charge in [-0.25, -0.2) is 8.42 Å². The van der Waals surface area contributed by atoms with Gasteiger partial charge in [0.25, 0.3) is 15.9 Å². The summed E-state index contributed by atoms with van der Waals surface area (Å²) in [5, 5.41) is 0. The number of hydrogen-bond donors (Lipinski definition) is 1. The number of nitrogens with one attached hydrogen (secondary N) is 1. The molecule has 0 radical (unpaired) electrons. The average molecular weight is 391 g/mol. The minimum Gasteiger partial charge on any atom is -0.337 e. The van der Waals surface area contributed by atoms with E-state index in [2.05, 4.69) is 4.72 Å². The topological polar surface area (TPSA) is 66.5 Å². The maximum atomic E-state index is 12.6. The molecule has 2 aromatic carbocycles. The summed E-state index contributed by atoms with van der Waals surface area (Å²) in [6, 6.07) is 11.6. The summed E-state index contributed by atoms with van der Waals surface area (Å²) in [5.41, 5.74) is 3.00. The molecular formula is C19H22N2O3S2. The van der Waals surface area contributed by atoms with Gasteiger partial charge in [-0.1, -0.05) is 12.1 Å². The number of hydrogen-bond acceptors (Lipinski definition) is 4. The van der Waals surface area contributed by atoms with Crippen molar-refractivity contribution in [2.45, 2.75) is 18.7 Å². The van der Waals surface area contributed by atoms with E-state index in [4.69, 9.17) is 0 Å². The smallest absolute Gasteiger partial charge is 0.261 e. The zero-order chi connectivity index (χ0) is 18.7. The predicted octanol–water partition coefficient (Wildman–Crippen LogP) is 3.29. The molecule has 0 saturated carbocycles. The third-order valence-electron chi connectivity index (χ3n) is 4.56. The lowest BCUT2D eigenvalue weighted by Crippen LogP contribution is -2.37. The van der Waals surface area contributed by atoms with Gasteiger partial charge in [-0.15, -0.1) is 0 Å². The van der Waals surface area contributed by atoms with E-state index in [0.717, 1.165) is 35.7 Å². The van der Waals surface area contributed by atoms with Crippen molar-refractivity contribution in [3.63, 3.8) is 0 Å². The molecule has 1 fully saturated rings. The number of carbonyl (C=O) groups is 1. The predicted molar refractivity (Wildman–Crippen MR) is 106 cm³/mol. The molecule has 138 valence electrons. The molecule has 3 rings (SSSR count). The van der Waals surface area contributed by atoms with Crippen LogP contribution >= 0.6 is 11.8 Å². The van der Waals surface area contributed by atoms with Gasteiger partial charge in [-0.2, -0.15) is 11.8 Å². The van der Waals surface area contributed by atoms with Crippen molar-refractivity contribution < 1.29 is 13.2 Å². The number of anilines is 1. The van der Waals surface area contributed by atoms with Gasteiger partial charge in [0.05, 0.1) is 10.6 Å². The lowest BCUT2D eigenvalue weighted by Gasteiger charge is -2.26. The van der Waals surface area contributed by atoms with E-state index in [9.17, 15) is 13.2 Å². The van der Waals surface area contributed by atoms with E-state index < -0.39 is 10.0 Å². The van der Waals surface area contributed by atoms with E-state index in [1.807, 2.05) is 42.6 Å². The molecule has 7 heteroatoms. The second kappa shape index (κ2) is 7.72. The number of sulfonamides is 1. The minimum absolute atomic E-state index is 0.0447. The van der Waals surface area contributed by atoms with Gasteiger partial charge in [0.1, 0.15) is 0 Å². The van der Waals surface area contributed by atoms with Crippen LogP contribution in [0.5, 0.6) is 0 Å². The Balaban J connectivity index is 1.78. The van der Waals surface area contributed by atoms with Crippen LogP contribution in [0.3, 0.4) is 0 Å². The quantitative estimate of drug-likeness (QED) is 0.870.